The van der Waals surface area contributed by atoms with Gasteiger partial charge in [-0.3, -0.25) is 4.79 Å². The number of sulfonamides is 1. The summed E-state index contributed by atoms with van der Waals surface area (Å²) in [5.74, 6) is -0.0924. The van der Waals surface area contributed by atoms with Gasteiger partial charge in [0.15, 0.2) is 5.03 Å². The van der Waals surface area contributed by atoms with E-state index < -0.39 is 10.0 Å². The van der Waals surface area contributed by atoms with Crippen LogP contribution in [0.2, 0.25) is 0 Å². The number of carbonyl (C=O) groups excluding carboxylic acids is 1. The molecule has 3 heterocycles. The number of aromatic nitrogens is 3. The van der Waals surface area contributed by atoms with E-state index in [0.717, 1.165) is 4.88 Å². The summed E-state index contributed by atoms with van der Waals surface area (Å²) in [6.07, 6.45) is 2.42. The summed E-state index contributed by atoms with van der Waals surface area (Å²) in [4.78, 5) is 14.0. The van der Waals surface area contributed by atoms with Crippen LogP contribution < -0.4 is 5.32 Å². The average molecular weight is 369 g/mol. The minimum absolute atomic E-state index is 0.0176. The van der Waals surface area contributed by atoms with Crippen molar-refractivity contribution in [2.75, 3.05) is 13.1 Å². The lowest BCUT2D eigenvalue weighted by Crippen LogP contribution is -2.46. The van der Waals surface area contributed by atoms with E-state index in [1.54, 1.807) is 7.05 Å². The topological polar surface area (TPSA) is 97.2 Å². The van der Waals surface area contributed by atoms with Crippen molar-refractivity contribution >= 4 is 27.3 Å². The quantitative estimate of drug-likeness (QED) is 0.858. The zero-order chi connectivity index (χ0) is 17.3. The molecular formula is C14H19N5O3S2. The molecular weight excluding hydrogens is 350 g/mol. The summed E-state index contributed by atoms with van der Waals surface area (Å²) >= 11 is 1.45. The molecule has 0 atom stereocenters. The summed E-state index contributed by atoms with van der Waals surface area (Å²) in [7, 11) is -2.04. The van der Waals surface area contributed by atoms with Crippen molar-refractivity contribution in [3.05, 3.63) is 28.1 Å². The SMILES string of the molecule is Cc1ccc(C(=O)NC2CCN(S(=O)(=O)c3cnnn3C)CC2)s1. The van der Waals surface area contributed by atoms with Crippen molar-refractivity contribution in [2.24, 2.45) is 7.05 Å². The number of thiophene rings is 1. The zero-order valence-corrected chi connectivity index (χ0v) is 15.1. The molecule has 0 bridgehead atoms. The van der Waals surface area contributed by atoms with Gasteiger partial charge >= 0.3 is 0 Å². The Morgan fingerprint density at radius 2 is 2.04 bits per heavy atom. The molecule has 1 fully saturated rings. The molecule has 1 aliphatic heterocycles. The van der Waals surface area contributed by atoms with Crippen LogP contribution in [0, 0.1) is 6.92 Å². The van der Waals surface area contributed by atoms with Crippen molar-refractivity contribution in [2.45, 2.75) is 30.8 Å². The molecule has 8 nitrogen and oxygen atoms in total. The van der Waals surface area contributed by atoms with Crippen molar-refractivity contribution in [1.82, 2.24) is 24.6 Å². The third-order valence-corrected chi connectivity index (χ3v) is 6.97. The molecule has 1 saturated heterocycles. The van der Waals surface area contributed by atoms with Gasteiger partial charge in [-0.2, -0.15) is 4.31 Å². The second-order valence-electron chi connectivity index (χ2n) is 5.76. The number of piperidine rings is 1. The minimum Gasteiger partial charge on any atom is -0.349 e. The molecule has 10 heteroatoms. The first-order chi connectivity index (χ1) is 11.4. The van der Waals surface area contributed by atoms with Gasteiger partial charge in [0.1, 0.15) is 0 Å². The molecule has 3 rings (SSSR count). The van der Waals surface area contributed by atoms with Gasteiger partial charge in [-0.15, -0.1) is 16.4 Å². The highest BCUT2D eigenvalue weighted by Crippen LogP contribution is 2.21. The van der Waals surface area contributed by atoms with E-state index >= 15 is 0 Å². The van der Waals surface area contributed by atoms with E-state index in [1.165, 1.54) is 26.5 Å². The molecule has 0 saturated carbocycles. The molecule has 2 aromatic rings. The van der Waals surface area contributed by atoms with Crippen LogP contribution in [0.4, 0.5) is 0 Å². The zero-order valence-electron chi connectivity index (χ0n) is 13.5. The Balaban J connectivity index is 1.60. The smallest absolute Gasteiger partial charge is 0.261 e. The standard InChI is InChI=1S/C14H19N5O3S2/c1-10-3-4-12(23-10)14(20)16-11-5-7-19(8-6-11)24(21,22)13-9-15-17-18(13)2/h3-4,9,11H,5-8H2,1-2H3,(H,16,20). The monoisotopic (exact) mass is 369 g/mol. The van der Waals surface area contributed by atoms with E-state index in [9.17, 15) is 13.2 Å². The van der Waals surface area contributed by atoms with Crippen LogP contribution >= 0.6 is 11.3 Å². The van der Waals surface area contributed by atoms with Gasteiger partial charge in [-0.25, -0.2) is 13.1 Å². The van der Waals surface area contributed by atoms with Crippen LogP contribution in [-0.4, -0.2) is 52.8 Å². The number of nitrogens with one attached hydrogen (secondary N) is 1. The van der Waals surface area contributed by atoms with E-state index in [-0.39, 0.29) is 17.0 Å². The first kappa shape index (κ1) is 17.1. The van der Waals surface area contributed by atoms with Gasteiger partial charge in [-0.05, 0) is 31.9 Å². The van der Waals surface area contributed by atoms with E-state index in [4.69, 9.17) is 0 Å². The predicted molar refractivity (Wildman–Crippen MR) is 89.3 cm³/mol. The second kappa shape index (κ2) is 6.61. The second-order valence-corrected chi connectivity index (χ2v) is 8.93. The normalized spacial score (nSPS) is 17.1. The summed E-state index contributed by atoms with van der Waals surface area (Å²) < 4.78 is 27.8. The van der Waals surface area contributed by atoms with Crippen molar-refractivity contribution in [3.8, 4) is 0 Å². The molecule has 0 radical (unpaired) electrons. The lowest BCUT2D eigenvalue weighted by Gasteiger charge is -2.31. The molecule has 130 valence electrons. The Morgan fingerprint density at radius 3 is 2.58 bits per heavy atom. The Labute approximate surface area is 144 Å². The molecule has 1 aliphatic rings. The van der Waals surface area contributed by atoms with Gasteiger partial charge in [0, 0.05) is 31.1 Å². The summed E-state index contributed by atoms with van der Waals surface area (Å²) in [6.45, 7) is 2.68. The Hall–Kier alpha value is -1.78. The lowest BCUT2D eigenvalue weighted by molar-refractivity contribution is 0.0928. The van der Waals surface area contributed by atoms with Crippen LogP contribution in [-0.2, 0) is 17.1 Å². The van der Waals surface area contributed by atoms with E-state index in [0.29, 0.717) is 30.8 Å². The fraction of sp³-hybridized carbons (Fsp3) is 0.500. The molecule has 0 aromatic carbocycles. The van der Waals surface area contributed by atoms with Crippen LogP contribution in [0.1, 0.15) is 27.4 Å². The van der Waals surface area contributed by atoms with Crippen LogP contribution in [0.5, 0.6) is 0 Å². The largest absolute Gasteiger partial charge is 0.349 e. The summed E-state index contributed by atoms with van der Waals surface area (Å²) in [6, 6.07) is 3.71. The van der Waals surface area contributed by atoms with Gasteiger partial charge in [0.05, 0.1) is 11.1 Å². The number of hydrogen-bond donors (Lipinski definition) is 1. The summed E-state index contributed by atoms with van der Waals surface area (Å²) in [5, 5.41) is 10.4. The van der Waals surface area contributed by atoms with Gasteiger partial charge < -0.3 is 5.32 Å². The highest BCUT2D eigenvalue weighted by atomic mass is 32.2. The number of carbonyl (C=O) groups is 1. The van der Waals surface area contributed by atoms with Crippen LogP contribution in [0.25, 0.3) is 0 Å². The molecule has 0 spiro atoms. The minimum atomic E-state index is -3.59. The number of rotatable bonds is 4. The molecule has 1 N–H and O–H groups in total. The maximum Gasteiger partial charge on any atom is 0.261 e. The van der Waals surface area contributed by atoms with Gasteiger partial charge in [0.25, 0.3) is 15.9 Å². The van der Waals surface area contributed by atoms with Gasteiger partial charge in [-0.1, -0.05) is 5.21 Å². The lowest BCUT2D eigenvalue weighted by atomic mass is 10.1. The number of hydrogen-bond acceptors (Lipinski definition) is 6. The number of nitrogens with zero attached hydrogens (tertiary/aromatic N) is 4. The highest BCUT2D eigenvalue weighted by molar-refractivity contribution is 7.89. The van der Waals surface area contributed by atoms with E-state index in [1.807, 2.05) is 19.1 Å². The maximum absolute atomic E-state index is 12.6. The first-order valence-corrected chi connectivity index (χ1v) is 9.85. The third kappa shape index (κ3) is 3.35. The van der Waals surface area contributed by atoms with Crippen LogP contribution in [0.3, 0.4) is 0 Å². The molecule has 24 heavy (non-hydrogen) atoms. The molecule has 1 amide bonds. The Bertz CT molecular complexity index is 834. The fourth-order valence-electron chi connectivity index (χ4n) is 2.70. The van der Waals surface area contributed by atoms with Gasteiger partial charge in [0.2, 0.25) is 0 Å². The third-order valence-electron chi connectivity index (χ3n) is 4.03. The number of aryl methyl sites for hydroxylation is 2. The van der Waals surface area contributed by atoms with Crippen molar-refractivity contribution < 1.29 is 13.2 Å². The average Bonchev–Trinajstić information content (AvgIpc) is 3.16. The molecule has 0 aliphatic carbocycles. The first-order valence-electron chi connectivity index (χ1n) is 7.60. The van der Waals surface area contributed by atoms with Crippen molar-refractivity contribution in [3.63, 3.8) is 0 Å². The fourth-order valence-corrected chi connectivity index (χ4v) is 4.98. The molecule has 0 unspecified atom stereocenters. The van der Waals surface area contributed by atoms with E-state index in [2.05, 4.69) is 15.6 Å². The Kier molecular flexibility index (Phi) is 4.70. The van der Waals surface area contributed by atoms with Crippen molar-refractivity contribution in [1.29, 1.82) is 0 Å². The molecule has 2 aromatic heterocycles. The summed E-state index contributed by atoms with van der Waals surface area (Å²) in [5.41, 5.74) is 0. The Morgan fingerprint density at radius 1 is 1.33 bits per heavy atom. The predicted octanol–water partition coefficient (Wildman–Crippen LogP) is 0.768. The highest BCUT2D eigenvalue weighted by Gasteiger charge is 2.32. The number of amides is 1. The maximum atomic E-state index is 12.6. The van der Waals surface area contributed by atoms with Crippen LogP contribution in [0.15, 0.2) is 23.4 Å².